The Morgan fingerprint density at radius 2 is 1.78 bits per heavy atom. The van der Waals surface area contributed by atoms with Crippen molar-refractivity contribution in [1.82, 2.24) is 0 Å². The van der Waals surface area contributed by atoms with Crippen LogP contribution in [-0.2, 0) is 0 Å². The van der Waals surface area contributed by atoms with E-state index < -0.39 is 6.36 Å². The Kier molecular flexibility index (Phi) is 3.61. The fourth-order valence-corrected chi connectivity index (χ4v) is 2.02. The van der Waals surface area contributed by atoms with Gasteiger partial charge in [-0.2, -0.15) is 0 Å². The van der Waals surface area contributed by atoms with Crippen molar-refractivity contribution < 1.29 is 17.9 Å². The first-order valence-electron chi connectivity index (χ1n) is 4.98. The number of hydrogen-bond acceptors (Lipinski definition) is 1. The summed E-state index contributed by atoms with van der Waals surface area (Å²) in [5.74, 6) is -0.267. The van der Waals surface area contributed by atoms with Gasteiger partial charge < -0.3 is 4.74 Å². The van der Waals surface area contributed by atoms with Gasteiger partial charge in [0.05, 0.1) is 0 Å². The lowest BCUT2D eigenvalue weighted by Gasteiger charge is -2.13. The molecule has 0 aliphatic heterocycles. The summed E-state index contributed by atoms with van der Waals surface area (Å²) in [5.41, 5.74) is 0.990. The van der Waals surface area contributed by atoms with Crippen LogP contribution in [0.3, 0.4) is 0 Å². The highest BCUT2D eigenvalue weighted by molar-refractivity contribution is 9.10. The summed E-state index contributed by atoms with van der Waals surface area (Å²) in [6, 6.07) is 13.8. The van der Waals surface area contributed by atoms with E-state index in [2.05, 4.69) is 26.7 Å². The molecule has 0 bridgehead atoms. The molecular formula is C13H7BrF3O. The molecule has 0 spiro atoms. The standard InChI is InChI=1S/C13H7BrF3O/c14-11-7-3-1-5-9(11)10-6-2-4-8-12(10)18-13(15,16)17/h1-3,5-8H. The fourth-order valence-electron chi connectivity index (χ4n) is 1.53. The van der Waals surface area contributed by atoms with E-state index in [0.717, 1.165) is 0 Å². The molecule has 18 heavy (non-hydrogen) atoms. The summed E-state index contributed by atoms with van der Waals surface area (Å²) in [6.45, 7) is 0. The summed E-state index contributed by atoms with van der Waals surface area (Å²) in [7, 11) is 0. The van der Waals surface area contributed by atoms with Gasteiger partial charge in [-0.1, -0.05) is 40.2 Å². The normalized spacial score (nSPS) is 11.3. The number of benzene rings is 2. The number of rotatable bonds is 2. The van der Waals surface area contributed by atoms with Crippen LogP contribution >= 0.6 is 15.9 Å². The smallest absolute Gasteiger partial charge is 0.405 e. The van der Waals surface area contributed by atoms with Crippen LogP contribution in [0.15, 0.2) is 46.9 Å². The predicted octanol–water partition coefficient (Wildman–Crippen LogP) is 4.81. The SMILES string of the molecule is FC(F)(F)Oc1c[c]ccc1-c1ccccc1Br. The van der Waals surface area contributed by atoms with Gasteiger partial charge in [-0.25, -0.2) is 0 Å². The van der Waals surface area contributed by atoms with Crippen molar-refractivity contribution in [3.05, 3.63) is 53.0 Å². The topological polar surface area (TPSA) is 9.23 Å². The molecule has 0 fully saturated rings. The minimum Gasteiger partial charge on any atom is -0.405 e. The number of halogens is 4. The average Bonchev–Trinajstić information content (AvgIpc) is 2.29. The maximum absolute atomic E-state index is 12.3. The summed E-state index contributed by atoms with van der Waals surface area (Å²) in [4.78, 5) is 0. The van der Waals surface area contributed by atoms with Crippen molar-refractivity contribution in [3.8, 4) is 16.9 Å². The van der Waals surface area contributed by atoms with Gasteiger partial charge in [0.25, 0.3) is 0 Å². The molecular weight excluding hydrogens is 309 g/mol. The summed E-state index contributed by atoms with van der Waals surface area (Å²) >= 11 is 3.30. The minimum atomic E-state index is -4.72. The van der Waals surface area contributed by atoms with E-state index in [0.29, 0.717) is 15.6 Å². The van der Waals surface area contributed by atoms with Crippen molar-refractivity contribution in [2.24, 2.45) is 0 Å². The molecule has 0 unspecified atom stereocenters. The summed E-state index contributed by atoms with van der Waals surface area (Å²) in [5, 5.41) is 0. The van der Waals surface area contributed by atoms with Gasteiger partial charge in [0, 0.05) is 10.0 Å². The summed E-state index contributed by atoms with van der Waals surface area (Å²) in [6.07, 6.45) is -4.72. The largest absolute Gasteiger partial charge is 0.573 e. The lowest BCUT2D eigenvalue weighted by molar-refractivity contribution is -0.274. The Morgan fingerprint density at radius 1 is 1.06 bits per heavy atom. The molecule has 0 N–H and O–H groups in total. The van der Waals surface area contributed by atoms with Crippen LogP contribution in [0.5, 0.6) is 5.75 Å². The number of ether oxygens (including phenoxy) is 1. The third-order valence-electron chi connectivity index (χ3n) is 2.22. The highest BCUT2D eigenvalue weighted by atomic mass is 79.9. The number of hydrogen-bond donors (Lipinski definition) is 0. The van der Waals surface area contributed by atoms with Crippen LogP contribution in [0, 0.1) is 6.07 Å². The molecule has 5 heteroatoms. The van der Waals surface area contributed by atoms with E-state index in [1.54, 1.807) is 24.3 Å². The highest BCUT2D eigenvalue weighted by Gasteiger charge is 2.32. The van der Waals surface area contributed by atoms with Crippen LogP contribution in [0.2, 0.25) is 0 Å². The van der Waals surface area contributed by atoms with Crippen LogP contribution in [-0.4, -0.2) is 6.36 Å². The van der Waals surface area contributed by atoms with Gasteiger partial charge in [0.1, 0.15) is 5.75 Å². The Morgan fingerprint density at radius 3 is 2.44 bits per heavy atom. The fraction of sp³-hybridized carbons (Fsp3) is 0.0769. The molecule has 2 rings (SSSR count). The lowest BCUT2D eigenvalue weighted by Crippen LogP contribution is -2.17. The third-order valence-corrected chi connectivity index (χ3v) is 2.91. The van der Waals surface area contributed by atoms with E-state index in [-0.39, 0.29) is 5.75 Å². The molecule has 0 atom stereocenters. The first kappa shape index (κ1) is 13.0. The molecule has 0 heterocycles. The van der Waals surface area contributed by atoms with Crippen molar-refractivity contribution >= 4 is 15.9 Å². The zero-order valence-corrected chi connectivity index (χ0v) is 10.5. The van der Waals surface area contributed by atoms with Gasteiger partial charge in [-0.3, -0.25) is 0 Å². The Balaban J connectivity index is 2.49. The zero-order valence-electron chi connectivity index (χ0n) is 8.96. The maximum Gasteiger partial charge on any atom is 0.573 e. The van der Waals surface area contributed by atoms with Gasteiger partial charge in [0.15, 0.2) is 0 Å². The molecule has 0 saturated carbocycles. The molecule has 0 saturated heterocycles. The average molecular weight is 316 g/mol. The van der Waals surface area contributed by atoms with Crippen molar-refractivity contribution in [2.75, 3.05) is 0 Å². The van der Waals surface area contributed by atoms with Crippen molar-refractivity contribution in [3.63, 3.8) is 0 Å². The third kappa shape index (κ3) is 3.04. The Hall–Kier alpha value is -1.49. The molecule has 2 aromatic carbocycles. The maximum atomic E-state index is 12.3. The zero-order chi connectivity index (χ0) is 13.2. The molecule has 1 nitrogen and oxygen atoms in total. The van der Waals surface area contributed by atoms with Crippen LogP contribution in [0.25, 0.3) is 11.1 Å². The van der Waals surface area contributed by atoms with Gasteiger partial charge >= 0.3 is 6.36 Å². The molecule has 0 aromatic heterocycles. The Bertz CT molecular complexity index is 552. The molecule has 2 aromatic rings. The first-order chi connectivity index (χ1) is 8.47. The molecule has 0 amide bonds. The second-order valence-electron chi connectivity index (χ2n) is 3.45. The van der Waals surface area contributed by atoms with Gasteiger partial charge in [-0.05, 0) is 29.8 Å². The molecule has 1 radical (unpaired) electrons. The predicted molar refractivity (Wildman–Crippen MR) is 65.1 cm³/mol. The van der Waals surface area contributed by atoms with E-state index in [9.17, 15) is 13.2 Å². The second-order valence-corrected chi connectivity index (χ2v) is 4.30. The summed E-state index contributed by atoms with van der Waals surface area (Å²) < 4.78 is 41.6. The molecule has 93 valence electrons. The van der Waals surface area contributed by atoms with Crippen LogP contribution < -0.4 is 4.74 Å². The van der Waals surface area contributed by atoms with E-state index in [1.807, 2.05) is 0 Å². The lowest BCUT2D eigenvalue weighted by atomic mass is 10.1. The quantitative estimate of drug-likeness (QED) is 0.772. The van der Waals surface area contributed by atoms with Crippen LogP contribution in [0.1, 0.15) is 0 Å². The molecule has 0 aliphatic rings. The van der Waals surface area contributed by atoms with E-state index >= 15 is 0 Å². The highest BCUT2D eigenvalue weighted by Crippen LogP contribution is 2.36. The van der Waals surface area contributed by atoms with Crippen molar-refractivity contribution in [1.29, 1.82) is 0 Å². The second kappa shape index (κ2) is 5.02. The van der Waals surface area contributed by atoms with Crippen molar-refractivity contribution in [2.45, 2.75) is 6.36 Å². The minimum absolute atomic E-state index is 0.267. The van der Waals surface area contributed by atoms with E-state index in [1.165, 1.54) is 18.2 Å². The number of alkyl halides is 3. The van der Waals surface area contributed by atoms with Gasteiger partial charge in [0.2, 0.25) is 0 Å². The monoisotopic (exact) mass is 315 g/mol. The first-order valence-corrected chi connectivity index (χ1v) is 5.77. The van der Waals surface area contributed by atoms with Crippen LogP contribution in [0.4, 0.5) is 13.2 Å². The Labute approximate surface area is 110 Å². The van der Waals surface area contributed by atoms with Gasteiger partial charge in [-0.15, -0.1) is 13.2 Å². The van der Waals surface area contributed by atoms with E-state index in [4.69, 9.17) is 0 Å². The molecule has 0 aliphatic carbocycles.